The van der Waals surface area contributed by atoms with E-state index < -0.39 is 17.9 Å². The minimum absolute atomic E-state index is 0.221. The average Bonchev–Trinajstić information content (AvgIpc) is 3.05. The summed E-state index contributed by atoms with van der Waals surface area (Å²) in [7, 11) is 0. The van der Waals surface area contributed by atoms with E-state index in [1.165, 1.54) is 0 Å². The quantitative estimate of drug-likeness (QED) is 0.676. The molecule has 168 valence electrons. The van der Waals surface area contributed by atoms with E-state index in [1.54, 1.807) is 24.3 Å². The fraction of sp³-hybridized carbons (Fsp3) is 0.400. The van der Waals surface area contributed by atoms with Gasteiger partial charge in [0.05, 0.1) is 24.3 Å². The van der Waals surface area contributed by atoms with E-state index in [0.717, 1.165) is 48.9 Å². The summed E-state index contributed by atoms with van der Waals surface area (Å²) in [6, 6.07) is 13.9. The number of nitrogens with one attached hydrogen (secondary N) is 1. The summed E-state index contributed by atoms with van der Waals surface area (Å²) in [5.41, 5.74) is 2.88. The Kier molecular flexibility index (Phi) is 6.67. The minimum Gasteiger partial charge on any atom is -0.379 e. The minimum atomic E-state index is -0.867. The van der Waals surface area contributed by atoms with Crippen LogP contribution in [0.3, 0.4) is 0 Å². The topological polar surface area (TPSA) is 79.0 Å². The zero-order valence-corrected chi connectivity index (χ0v) is 18.5. The predicted molar refractivity (Wildman–Crippen MR) is 120 cm³/mol. The number of nitrogens with zero attached hydrogens (tertiary/aromatic N) is 2. The highest BCUT2D eigenvalue weighted by Crippen LogP contribution is 2.27. The van der Waals surface area contributed by atoms with Gasteiger partial charge in [0.25, 0.3) is 11.8 Å². The number of imide groups is 1. The Morgan fingerprint density at radius 1 is 0.938 bits per heavy atom. The van der Waals surface area contributed by atoms with Crippen LogP contribution in [0.5, 0.6) is 0 Å². The molecular weight excluding hydrogens is 406 g/mol. The lowest BCUT2D eigenvalue weighted by Crippen LogP contribution is -2.52. The van der Waals surface area contributed by atoms with Gasteiger partial charge in [-0.15, -0.1) is 0 Å². The second-order valence-electron chi connectivity index (χ2n) is 8.59. The van der Waals surface area contributed by atoms with E-state index in [2.05, 4.69) is 16.3 Å². The third kappa shape index (κ3) is 4.45. The van der Waals surface area contributed by atoms with Gasteiger partial charge >= 0.3 is 0 Å². The number of carbonyl (C=O) groups excluding carboxylic acids is 3. The molecule has 2 aliphatic heterocycles. The molecule has 1 unspecified atom stereocenters. The van der Waals surface area contributed by atoms with Crippen molar-refractivity contribution in [2.45, 2.75) is 33.0 Å². The summed E-state index contributed by atoms with van der Waals surface area (Å²) in [6.45, 7) is 8.06. The molecule has 3 amide bonds. The average molecular weight is 436 g/mol. The van der Waals surface area contributed by atoms with Crippen molar-refractivity contribution in [1.29, 1.82) is 0 Å². The monoisotopic (exact) mass is 435 g/mol. The van der Waals surface area contributed by atoms with Gasteiger partial charge in [0.15, 0.2) is 0 Å². The molecule has 1 saturated heterocycles. The summed E-state index contributed by atoms with van der Waals surface area (Å²) in [4.78, 5) is 42.5. The second-order valence-corrected chi connectivity index (χ2v) is 8.59. The third-order valence-electron chi connectivity index (χ3n) is 6.07. The van der Waals surface area contributed by atoms with Crippen LogP contribution in [0.4, 0.5) is 0 Å². The number of benzene rings is 2. The molecule has 0 saturated carbocycles. The maximum Gasteiger partial charge on any atom is 0.262 e. The summed E-state index contributed by atoms with van der Waals surface area (Å²) in [5, 5.41) is 2.97. The number of hydrogen-bond donors (Lipinski definition) is 1. The Balaban J connectivity index is 1.47. The van der Waals surface area contributed by atoms with Crippen LogP contribution in [0.2, 0.25) is 0 Å². The van der Waals surface area contributed by atoms with Crippen LogP contribution in [0, 0.1) is 5.92 Å². The van der Waals surface area contributed by atoms with Crippen LogP contribution < -0.4 is 5.32 Å². The number of rotatable bonds is 7. The first-order chi connectivity index (χ1) is 15.5. The number of hydrogen-bond acceptors (Lipinski definition) is 5. The van der Waals surface area contributed by atoms with Crippen molar-refractivity contribution < 1.29 is 19.1 Å². The Bertz CT molecular complexity index is 979. The molecule has 1 atom stereocenters. The van der Waals surface area contributed by atoms with Gasteiger partial charge in [-0.3, -0.25) is 24.2 Å². The van der Waals surface area contributed by atoms with Gasteiger partial charge < -0.3 is 10.1 Å². The molecule has 2 heterocycles. The zero-order chi connectivity index (χ0) is 22.7. The maximum absolute atomic E-state index is 13.2. The highest BCUT2D eigenvalue weighted by molar-refractivity contribution is 6.22. The van der Waals surface area contributed by atoms with Gasteiger partial charge in [-0.2, -0.15) is 0 Å². The van der Waals surface area contributed by atoms with Crippen LogP contribution in [-0.2, 0) is 22.6 Å². The molecule has 0 spiro atoms. The number of carbonyl (C=O) groups is 3. The molecule has 2 aromatic rings. The van der Waals surface area contributed by atoms with Crippen molar-refractivity contribution >= 4 is 17.7 Å². The second kappa shape index (κ2) is 9.63. The lowest BCUT2D eigenvalue weighted by molar-refractivity contribution is -0.126. The first-order valence-corrected chi connectivity index (χ1v) is 11.1. The molecule has 0 aromatic heterocycles. The highest BCUT2D eigenvalue weighted by atomic mass is 16.5. The molecule has 2 aliphatic rings. The van der Waals surface area contributed by atoms with Crippen molar-refractivity contribution in [3.05, 3.63) is 70.8 Å². The van der Waals surface area contributed by atoms with Crippen LogP contribution in [0.1, 0.15) is 45.7 Å². The predicted octanol–water partition coefficient (Wildman–Crippen LogP) is 2.46. The lowest BCUT2D eigenvalue weighted by atomic mass is 10.0. The summed E-state index contributed by atoms with van der Waals surface area (Å²) in [5.74, 6) is -1.36. The van der Waals surface area contributed by atoms with Gasteiger partial charge in [0.1, 0.15) is 6.04 Å². The maximum atomic E-state index is 13.2. The highest BCUT2D eigenvalue weighted by Gasteiger charge is 2.43. The van der Waals surface area contributed by atoms with Crippen molar-refractivity contribution in [2.24, 2.45) is 5.92 Å². The fourth-order valence-electron chi connectivity index (χ4n) is 4.35. The first-order valence-electron chi connectivity index (χ1n) is 11.1. The van der Waals surface area contributed by atoms with Crippen LogP contribution in [0.25, 0.3) is 0 Å². The van der Waals surface area contributed by atoms with Gasteiger partial charge in [0.2, 0.25) is 5.91 Å². The van der Waals surface area contributed by atoms with Gasteiger partial charge in [-0.05, 0) is 29.2 Å². The van der Waals surface area contributed by atoms with Crippen LogP contribution in [-0.4, -0.2) is 59.9 Å². The van der Waals surface area contributed by atoms with Gasteiger partial charge in [0, 0.05) is 26.2 Å². The normalized spacial score (nSPS) is 17.5. The SMILES string of the molecule is CC(C)C(C(=O)NCc1ccccc1CN1CCOCC1)N1C(=O)c2ccccc2C1=O. The molecular formula is C25H29N3O4. The number of ether oxygens (including phenoxy) is 1. The van der Waals surface area contributed by atoms with Crippen molar-refractivity contribution in [3.63, 3.8) is 0 Å². The van der Waals surface area contributed by atoms with Crippen molar-refractivity contribution in [1.82, 2.24) is 15.1 Å². The number of morpholine rings is 1. The van der Waals surface area contributed by atoms with E-state index in [1.807, 2.05) is 32.0 Å². The first kappa shape index (κ1) is 22.2. The van der Waals surface area contributed by atoms with E-state index >= 15 is 0 Å². The number of amides is 3. The molecule has 7 heteroatoms. The Morgan fingerprint density at radius 2 is 1.50 bits per heavy atom. The largest absolute Gasteiger partial charge is 0.379 e. The van der Waals surface area contributed by atoms with Gasteiger partial charge in [-0.1, -0.05) is 50.2 Å². The molecule has 4 rings (SSSR count). The van der Waals surface area contributed by atoms with E-state index in [-0.39, 0.29) is 11.8 Å². The summed E-state index contributed by atoms with van der Waals surface area (Å²) in [6.07, 6.45) is 0. The van der Waals surface area contributed by atoms with Gasteiger partial charge in [-0.25, -0.2) is 0 Å². The van der Waals surface area contributed by atoms with E-state index in [9.17, 15) is 14.4 Å². The Labute approximate surface area is 188 Å². The van der Waals surface area contributed by atoms with Crippen molar-refractivity contribution in [2.75, 3.05) is 26.3 Å². The Hall–Kier alpha value is -3.03. The summed E-state index contributed by atoms with van der Waals surface area (Å²) >= 11 is 0. The fourth-order valence-corrected chi connectivity index (χ4v) is 4.35. The lowest BCUT2D eigenvalue weighted by Gasteiger charge is -2.29. The molecule has 1 fully saturated rings. The smallest absolute Gasteiger partial charge is 0.262 e. The van der Waals surface area contributed by atoms with Crippen molar-refractivity contribution in [3.8, 4) is 0 Å². The van der Waals surface area contributed by atoms with Crippen LogP contribution in [0.15, 0.2) is 48.5 Å². The van der Waals surface area contributed by atoms with E-state index in [0.29, 0.717) is 17.7 Å². The molecule has 0 bridgehead atoms. The molecule has 7 nitrogen and oxygen atoms in total. The Morgan fingerprint density at radius 3 is 2.09 bits per heavy atom. The van der Waals surface area contributed by atoms with E-state index in [4.69, 9.17) is 4.74 Å². The molecule has 0 radical (unpaired) electrons. The molecule has 2 aromatic carbocycles. The van der Waals surface area contributed by atoms with Crippen LogP contribution >= 0.6 is 0 Å². The molecule has 32 heavy (non-hydrogen) atoms. The third-order valence-corrected chi connectivity index (χ3v) is 6.07. The zero-order valence-electron chi connectivity index (χ0n) is 18.5. The standard InChI is InChI=1S/C25H29N3O4/c1-17(2)22(28-24(30)20-9-5-6-10-21(20)25(28)31)23(29)26-15-18-7-3-4-8-19(18)16-27-11-13-32-14-12-27/h3-10,17,22H,11-16H2,1-2H3,(H,26,29). The molecule has 0 aliphatic carbocycles. The number of fused-ring (bicyclic) bond motifs is 1. The molecule has 1 N–H and O–H groups in total. The summed E-state index contributed by atoms with van der Waals surface area (Å²) < 4.78 is 5.43.